The quantitative estimate of drug-likeness (QED) is 0.545. The van der Waals surface area contributed by atoms with E-state index in [-0.39, 0.29) is 11.9 Å². The second-order valence-corrected chi connectivity index (χ2v) is 6.93. The molecule has 4 aromatic rings. The van der Waals surface area contributed by atoms with E-state index in [0.29, 0.717) is 17.9 Å². The average Bonchev–Trinajstić information content (AvgIpc) is 3.23. The van der Waals surface area contributed by atoms with Gasteiger partial charge in [-0.3, -0.25) is 0 Å². The van der Waals surface area contributed by atoms with Crippen LogP contribution in [-0.2, 0) is 6.42 Å². The number of aromatic amines is 1. The van der Waals surface area contributed by atoms with Crippen molar-refractivity contribution in [2.45, 2.75) is 19.4 Å². The third-order valence-electron chi connectivity index (χ3n) is 5.00. The number of hydrogen-bond donors (Lipinski definition) is 2. The summed E-state index contributed by atoms with van der Waals surface area (Å²) in [5.41, 5.74) is 4.13. The first-order chi connectivity index (χ1) is 14.2. The molecule has 0 unspecified atom stereocenters. The van der Waals surface area contributed by atoms with Gasteiger partial charge in [-0.05, 0) is 36.2 Å². The van der Waals surface area contributed by atoms with Gasteiger partial charge in [-0.25, -0.2) is 19.3 Å². The smallest absolute Gasteiger partial charge is 0.182 e. The Morgan fingerprint density at radius 1 is 1.10 bits per heavy atom. The van der Waals surface area contributed by atoms with Crippen molar-refractivity contribution in [3.05, 3.63) is 83.9 Å². The fourth-order valence-corrected chi connectivity index (χ4v) is 3.62. The van der Waals surface area contributed by atoms with Crippen LogP contribution in [-0.4, -0.2) is 26.0 Å². The topological polar surface area (TPSA) is 75.7 Å². The summed E-state index contributed by atoms with van der Waals surface area (Å²) in [4.78, 5) is 15.7. The highest BCUT2D eigenvalue weighted by molar-refractivity contribution is 5.82. The summed E-state index contributed by atoms with van der Waals surface area (Å²) >= 11 is 0. The zero-order valence-electron chi connectivity index (χ0n) is 15.7. The number of para-hydroxylation sites is 1. The van der Waals surface area contributed by atoms with E-state index in [0.717, 1.165) is 33.7 Å². The van der Waals surface area contributed by atoms with Gasteiger partial charge in [0.05, 0.1) is 12.4 Å². The van der Waals surface area contributed by atoms with Crippen LogP contribution in [0.1, 0.15) is 18.1 Å². The monoisotopic (exact) mass is 387 g/mol. The first kappa shape index (κ1) is 17.4. The lowest BCUT2D eigenvalue weighted by molar-refractivity contribution is 0.387. The van der Waals surface area contributed by atoms with Crippen molar-refractivity contribution in [2.75, 3.05) is 5.32 Å². The Bertz CT molecular complexity index is 1230. The molecule has 1 aliphatic rings. The van der Waals surface area contributed by atoms with Crippen molar-refractivity contribution in [2.24, 2.45) is 0 Å². The van der Waals surface area contributed by atoms with Gasteiger partial charge >= 0.3 is 0 Å². The second-order valence-electron chi connectivity index (χ2n) is 6.93. The highest BCUT2D eigenvalue weighted by atomic mass is 19.1. The maximum absolute atomic E-state index is 13.9. The van der Waals surface area contributed by atoms with Crippen LogP contribution in [0.15, 0.2) is 66.9 Å². The van der Waals surface area contributed by atoms with Crippen molar-refractivity contribution < 1.29 is 9.13 Å². The van der Waals surface area contributed by atoms with Gasteiger partial charge in [0.15, 0.2) is 11.5 Å². The molecule has 0 aliphatic carbocycles. The molecule has 0 saturated heterocycles. The zero-order chi connectivity index (χ0) is 19.8. The average molecular weight is 387 g/mol. The minimum absolute atomic E-state index is 0.219. The van der Waals surface area contributed by atoms with Crippen LogP contribution < -0.4 is 10.1 Å². The standard InChI is InChI=1S/C22H18FN5O/c1-13(28-22-19-21(25-11-24-19)26-12-27-22)20-17(14-6-4-7-16(23)9-14)10-15-5-2-3-8-18(15)29-20/h2-9,11-13H,10H2,1H3,(H2,24,25,26,27,28)/t13-/m0/s1. The predicted octanol–water partition coefficient (Wildman–Crippen LogP) is 4.34. The zero-order valence-corrected chi connectivity index (χ0v) is 15.7. The molecular formula is C22H18FN5O. The third-order valence-corrected chi connectivity index (χ3v) is 5.00. The number of rotatable bonds is 4. The van der Waals surface area contributed by atoms with E-state index >= 15 is 0 Å². The summed E-state index contributed by atoms with van der Waals surface area (Å²) in [6.07, 6.45) is 3.71. The van der Waals surface area contributed by atoms with Crippen LogP contribution >= 0.6 is 0 Å². The largest absolute Gasteiger partial charge is 0.459 e. The van der Waals surface area contributed by atoms with Crippen LogP contribution in [0.5, 0.6) is 5.75 Å². The Hall–Kier alpha value is -3.74. The third kappa shape index (κ3) is 3.20. The molecule has 6 nitrogen and oxygen atoms in total. The summed E-state index contributed by atoms with van der Waals surface area (Å²) in [7, 11) is 0. The summed E-state index contributed by atoms with van der Waals surface area (Å²) in [5, 5.41) is 3.39. The van der Waals surface area contributed by atoms with E-state index in [1.807, 2.05) is 37.3 Å². The Morgan fingerprint density at radius 2 is 2.00 bits per heavy atom. The number of aromatic nitrogens is 4. The van der Waals surface area contributed by atoms with Gasteiger partial charge in [0.2, 0.25) is 0 Å². The maximum atomic E-state index is 13.9. The van der Waals surface area contributed by atoms with Crippen molar-refractivity contribution >= 4 is 22.6 Å². The number of nitrogens with one attached hydrogen (secondary N) is 2. The van der Waals surface area contributed by atoms with Gasteiger partial charge in [0.1, 0.15) is 29.2 Å². The molecule has 2 aromatic carbocycles. The first-order valence-corrected chi connectivity index (χ1v) is 9.34. The van der Waals surface area contributed by atoms with Gasteiger partial charge in [-0.1, -0.05) is 30.3 Å². The lowest BCUT2D eigenvalue weighted by Crippen LogP contribution is -2.26. The number of ether oxygens (including phenoxy) is 1. The van der Waals surface area contributed by atoms with Crippen molar-refractivity contribution in [3.63, 3.8) is 0 Å². The molecule has 0 spiro atoms. The van der Waals surface area contributed by atoms with Gasteiger partial charge in [-0.15, -0.1) is 0 Å². The lowest BCUT2D eigenvalue weighted by atomic mass is 9.92. The van der Waals surface area contributed by atoms with Crippen LogP contribution in [0.3, 0.4) is 0 Å². The molecule has 1 aliphatic heterocycles. The summed E-state index contributed by atoms with van der Waals surface area (Å²) in [6.45, 7) is 1.99. The van der Waals surface area contributed by atoms with E-state index in [9.17, 15) is 4.39 Å². The summed E-state index contributed by atoms with van der Waals surface area (Å²) < 4.78 is 20.2. The number of nitrogens with zero attached hydrogens (tertiary/aromatic N) is 3. The minimum atomic E-state index is -0.274. The van der Waals surface area contributed by atoms with E-state index in [1.165, 1.54) is 18.5 Å². The number of benzene rings is 2. The Labute approximate surface area is 166 Å². The molecule has 2 N–H and O–H groups in total. The van der Waals surface area contributed by atoms with Crippen LogP contribution in [0.25, 0.3) is 16.7 Å². The number of allylic oxidation sites excluding steroid dienone is 1. The van der Waals surface area contributed by atoms with Gasteiger partial charge in [-0.2, -0.15) is 0 Å². The molecule has 0 fully saturated rings. The van der Waals surface area contributed by atoms with Gasteiger partial charge in [0.25, 0.3) is 0 Å². The molecule has 144 valence electrons. The fraction of sp³-hybridized carbons (Fsp3) is 0.136. The first-order valence-electron chi connectivity index (χ1n) is 9.34. The van der Waals surface area contributed by atoms with E-state index in [2.05, 4.69) is 25.3 Å². The van der Waals surface area contributed by atoms with E-state index in [1.54, 1.807) is 12.4 Å². The number of imidazole rings is 1. The molecule has 0 saturated carbocycles. The number of halogens is 1. The molecule has 1 atom stereocenters. The van der Waals surface area contributed by atoms with Crippen LogP contribution in [0, 0.1) is 5.82 Å². The fourth-order valence-electron chi connectivity index (χ4n) is 3.62. The lowest BCUT2D eigenvalue weighted by Gasteiger charge is -2.28. The van der Waals surface area contributed by atoms with E-state index in [4.69, 9.17) is 4.74 Å². The molecule has 0 bridgehead atoms. The molecule has 5 rings (SSSR count). The molecule has 29 heavy (non-hydrogen) atoms. The van der Waals surface area contributed by atoms with Crippen LogP contribution in [0.4, 0.5) is 10.2 Å². The highest BCUT2D eigenvalue weighted by Gasteiger charge is 2.26. The van der Waals surface area contributed by atoms with Gasteiger partial charge < -0.3 is 15.0 Å². The molecule has 0 radical (unpaired) electrons. The van der Waals surface area contributed by atoms with Crippen molar-refractivity contribution in [1.29, 1.82) is 0 Å². The number of hydrogen-bond acceptors (Lipinski definition) is 5. The molecule has 0 amide bonds. The van der Waals surface area contributed by atoms with Gasteiger partial charge in [0, 0.05) is 12.0 Å². The molecule has 2 aromatic heterocycles. The maximum Gasteiger partial charge on any atom is 0.182 e. The summed E-state index contributed by atoms with van der Waals surface area (Å²) in [6, 6.07) is 14.3. The minimum Gasteiger partial charge on any atom is -0.459 e. The Balaban J connectivity index is 1.57. The second kappa shape index (κ2) is 7.01. The van der Waals surface area contributed by atoms with Crippen molar-refractivity contribution in [1.82, 2.24) is 19.9 Å². The van der Waals surface area contributed by atoms with E-state index < -0.39 is 0 Å². The highest BCUT2D eigenvalue weighted by Crippen LogP contribution is 2.37. The van der Waals surface area contributed by atoms with Crippen molar-refractivity contribution in [3.8, 4) is 5.75 Å². The SMILES string of the molecule is C[C@H](Nc1ncnc2nc[nH]c12)C1=C(c2cccc(F)c2)Cc2ccccc2O1. The molecule has 7 heteroatoms. The molecular weight excluding hydrogens is 369 g/mol. The normalized spacial score (nSPS) is 14.4. The number of anilines is 1. The molecule has 3 heterocycles. The Kier molecular flexibility index (Phi) is 4.20. The number of H-pyrrole nitrogens is 1. The van der Waals surface area contributed by atoms with Crippen LogP contribution in [0.2, 0.25) is 0 Å². The predicted molar refractivity (Wildman–Crippen MR) is 109 cm³/mol. The number of fused-ring (bicyclic) bond motifs is 2. The summed E-state index contributed by atoms with van der Waals surface area (Å²) in [5.74, 6) is 1.91. The Morgan fingerprint density at radius 3 is 2.90 bits per heavy atom.